The van der Waals surface area contributed by atoms with Crippen LogP contribution in [0.4, 0.5) is 0 Å². The summed E-state index contributed by atoms with van der Waals surface area (Å²) in [6.45, 7) is 10.2. The molecule has 15 heavy (non-hydrogen) atoms. The smallest absolute Gasteiger partial charge is 0.239 e. The van der Waals surface area contributed by atoms with E-state index in [-0.39, 0.29) is 18.4 Å². The maximum absolute atomic E-state index is 11.4. The van der Waals surface area contributed by atoms with Crippen molar-refractivity contribution in [3.05, 3.63) is 0 Å². The Labute approximate surface area is 91.8 Å². The van der Waals surface area contributed by atoms with Crippen LogP contribution in [0, 0.1) is 11.3 Å². The fourth-order valence-electron chi connectivity index (χ4n) is 0.806. The first kappa shape index (κ1) is 13.9. The van der Waals surface area contributed by atoms with E-state index in [9.17, 15) is 9.59 Å². The van der Waals surface area contributed by atoms with Crippen LogP contribution in [-0.4, -0.2) is 24.9 Å². The van der Waals surface area contributed by atoms with E-state index >= 15 is 0 Å². The Bertz CT molecular complexity index is 229. The summed E-state index contributed by atoms with van der Waals surface area (Å²) in [6, 6.07) is 0. The Morgan fingerprint density at radius 2 is 1.67 bits per heavy atom. The fraction of sp³-hybridized carbons (Fsp3) is 0.818. The first-order valence-electron chi connectivity index (χ1n) is 5.28. The highest BCUT2D eigenvalue weighted by Crippen LogP contribution is 2.11. The molecule has 2 N–H and O–H groups in total. The molecule has 0 radical (unpaired) electrons. The molecule has 0 spiro atoms. The Balaban J connectivity index is 3.77. The number of nitrogens with one attached hydrogen (secondary N) is 2. The van der Waals surface area contributed by atoms with E-state index in [0.29, 0.717) is 12.5 Å². The van der Waals surface area contributed by atoms with Gasteiger partial charge in [-0.1, -0.05) is 34.6 Å². The number of rotatable bonds is 4. The third-order valence-electron chi connectivity index (χ3n) is 1.80. The van der Waals surface area contributed by atoms with Crippen molar-refractivity contribution in [3.63, 3.8) is 0 Å². The Kier molecular flexibility index (Phi) is 5.33. The lowest BCUT2D eigenvalue weighted by molar-refractivity contribution is -0.131. The molecule has 0 saturated carbocycles. The average molecular weight is 214 g/mol. The second-order valence-corrected chi connectivity index (χ2v) is 5.13. The summed E-state index contributed by atoms with van der Waals surface area (Å²) in [5, 5.41) is 5.33. The predicted octanol–water partition coefficient (Wildman–Crippen LogP) is 0.921. The second-order valence-electron chi connectivity index (χ2n) is 5.13. The average Bonchev–Trinajstić information content (AvgIpc) is 2.09. The van der Waals surface area contributed by atoms with Crippen LogP contribution in [0.3, 0.4) is 0 Å². The summed E-state index contributed by atoms with van der Waals surface area (Å²) in [5.74, 6) is 0.177. The van der Waals surface area contributed by atoms with E-state index < -0.39 is 5.41 Å². The lowest BCUT2D eigenvalue weighted by Crippen LogP contribution is -2.42. The summed E-state index contributed by atoms with van der Waals surface area (Å²) >= 11 is 0. The van der Waals surface area contributed by atoms with Gasteiger partial charge in [-0.05, 0) is 5.92 Å². The fourth-order valence-corrected chi connectivity index (χ4v) is 0.806. The summed E-state index contributed by atoms with van der Waals surface area (Å²) in [4.78, 5) is 22.7. The van der Waals surface area contributed by atoms with Crippen molar-refractivity contribution in [1.82, 2.24) is 10.6 Å². The zero-order valence-corrected chi connectivity index (χ0v) is 10.3. The number of hydrogen-bond acceptors (Lipinski definition) is 2. The number of carbonyl (C=O) groups excluding carboxylic acids is 2. The van der Waals surface area contributed by atoms with Gasteiger partial charge in [0.05, 0.1) is 6.54 Å². The summed E-state index contributed by atoms with van der Waals surface area (Å²) in [7, 11) is 0. The Morgan fingerprint density at radius 1 is 1.13 bits per heavy atom. The van der Waals surface area contributed by atoms with Crippen LogP contribution in [0.5, 0.6) is 0 Å². The van der Waals surface area contributed by atoms with Gasteiger partial charge in [0, 0.05) is 12.0 Å². The zero-order valence-electron chi connectivity index (χ0n) is 10.3. The monoisotopic (exact) mass is 214 g/mol. The van der Waals surface area contributed by atoms with Crippen LogP contribution in [0.1, 0.15) is 34.6 Å². The van der Waals surface area contributed by atoms with E-state index in [2.05, 4.69) is 10.6 Å². The third kappa shape index (κ3) is 6.94. The van der Waals surface area contributed by atoms with Crippen LogP contribution in [0.2, 0.25) is 0 Å². The largest absolute Gasteiger partial charge is 0.354 e. The van der Waals surface area contributed by atoms with Gasteiger partial charge in [-0.25, -0.2) is 0 Å². The first-order valence-corrected chi connectivity index (χ1v) is 5.28. The van der Waals surface area contributed by atoms with E-state index in [1.807, 2.05) is 34.6 Å². The van der Waals surface area contributed by atoms with Crippen molar-refractivity contribution < 1.29 is 9.59 Å². The molecule has 0 aromatic heterocycles. The molecule has 0 aliphatic heterocycles. The highest BCUT2D eigenvalue weighted by Gasteiger charge is 2.21. The van der Waals surface area contributed by atoms with Gasteiger partial charge in [0.1, 0.15) is 0 Å². The van der Waals surface area contributed by atoms with Gasteiger partial charge in [0.25, 0.3) is 0 Å². The van der Waals surface area contributed by atoms with Crippen molar-refractivity contribution in [2.45, 2.75) is 34.6 Å². The van der Waals surface area contributed by atoms with Crippen molar-refractivity contribution in [3.8, 4) is 0 Å². The molecule has 0 unspecified atom stereocenters. The van der Waals surface area contributed by atoms with Gasteiger partial charge in [0.2, 0.25) is 11.8 Å². The molecule has 0 bridgehead atoms. The zero-order chi connectivity index (χ0) is 12.1. The highest BCUT2D eigenvalue weighted by atomic mass is 16.2. The molecule has 4 heteroatoms. The maximum atomic E-state index is 11.4. The molecule has 2 amide bonds. The standard InChI is InChI=1S/C11H22N2O2/c1-8(2)6-12-9(14)7-13-10(15)11(3,4)5/h8H,6-7H2,1-5H3,(H,12,14)(H,13,15). The maximum Gasteiger partial charge on any atom is 0.239 e. The summed E-state index contributed by atoms with van der Waals surface area (Å²) in [5.41, 5.74) is -0.446. The minimum absolute atomic E-state index is 0.0584. The lowest BCUT2D eigenvalue weighted by atomic mass is 9.96. The van der Waals surface area contributed by atoms with Crippen molar-refractivity contribution >= 4 is 11.8 Å². The Morgan fingerprint density at radius 3 is 2.07 bits per heavy atom. The highest BCUT2D eigenvalue weighted by molar-refractivity contribution is 5.87. The van der Waals surface area contributed by atoms with Gasteiger partial charge >= 0.3 is 0 Å². The van der Waals surface area contributed by atoms with E-state index in [4.69, 9.17) is 0 Å². The predicted molar refractivity (Wildman–Crippen MR) is 60.3 cm³/mol. The molecule has 0 saturated heterocycles. The van der Waals surface area contributed by atoms with Crippen molar-refractivity contribution in [2.24, 2.45) is 11.3 Å². The van der Waals surface area contributed by atoms with Crippen LogP contribution in [0.25, 0.3) is 0 Å². The molecule has 0 aliphatic rings. The van der Waals surface area contributed by atoms with Crippen LogP contribution >= 0.6 is 0 Å². The van der Waals surface area contributed by atoms with Gasteiger partial charge < -0.3 is 10.6 Å². The van der Waals surface area contributed by atoms with Gasteiger partial charge in [-0.15, -0.1) is 0 Å². The SMILES string of the molecule is CC(C)CNC(=O)CNC(=O)C(C)(C)C. The summed E-state index contributed by atoms with van der Waals surface area (Å²) < 4.78 is 0. The topological polar surface area (TPSA) is 58.2 Å². The molecule has 4 nitrogen and oxygen atoms in total. The molecule has 0 atom stereocenters. The molecular formula is C11H22N2O2. The minimum Gasteiger partial charge on any atom is -0.354 e. The normalized spacial score (nSPS) is 11.3. The molecule has 0 fully saturated rings. The molecular weight excluding hydrogens is 192 g/mol. The van der Waals surface area contributed by atoms with Gasteiger partial charge in [-0.2, -0.15) is 0 Å². The molecule has 0 rings (SSSR count). The number of carbonyl (C=O) groups is 2. The van der Waals surface area contributed by atoms with E-state index in [1.165, 1.54) is 0 Å². The summed E-state index contributed by atoms with van der Waals surface area (Å²) in [6.07, 6.45) is 0. The van der Waals surface area contributed by atoms with Crippen molar-refractivity contribution in [2.75, 3.05) is 13.1 Å². The number of amides is 2. The van der Waals surface area contributed by atoms with Crippen LogP contribution < -0.4 is 10.6 Å². The van der Waals surface area contributed by atoms with Gasteiger partial charge in [0.15, 0.2) is 0 Å². The molecule has 0 aliphatic carbocycles. The molecule has 0 aromatic rings. The van der Waals surface area contributed by atoms with E-state index in [0.717, 1.165) is 0 Å². The molecule has 0 aromatic carbocycles. The Hall–Kier alpha value is -1.06. The quantitative estimate of drug-likeness (QED) is 0.731. The second kappa shape index (κ2) is 5.73. The van der Waals surface area contributed by atoms with Crippen molar-refractivity contribution in [1.29, 1.82) is 0 Å². The van der Waals surface area contributed by atoms with Crippen LogP contribution in [0.15, 0.2) is 0 Å². The first-order chi connectivity index (χ1) is 6.73. The third-order valence-corrected chi connectivity index (χ3v) is 1.80. The lowest BCUT2D eigenvalue weighted by Gasteiger charge is -2.17. The molecule has 0 heterocycles. The minimum atomic E-state index is -0.446. The van der Waals surface area contributed by atoms with Crippen LogP contribution in [-0.2, 0) is 9.59 Å². The number of hydrogen-bond donors (Lipinski definition) is 2. The van der Waals surface area contributed by atoms with E-state index in [1.54, 1.807) is 0 Å². The van der Waals surface area contributed by atoms with Gasteiger partial charge in [-0.3, -0.25) is 9.59 Å². The molecule has 88 valence electrons.